The van der Waals surface area contributed by atoms with Crippen LogP contribution in [0.5, 0.6) is 11.5 Å². The number of halogens is 1. The van der Waals surface area contributed by atoms with E-state index in [1.807, 2.05) is 31.2 Å². The molecule has 0 aliphatic carbocycles. The molecule has 0 heterocycles. The quantitative estimate of drug-likeness (QED) is 0.718. The van der Waals surface area contributed by atoms with Gasteiger partial charge in [-0.1, -0.05) is 18.2 Å². The average molecular weight is 303 g/mol. The number of hydrogen-bond donors (Lipinski definition) is 1. The van der Waals surface area contributed by atoms with Gasteiger partial charge in [-0.15, -0.1) is 0 Å². The minimum absolute atomic E-state index is 0.248. The van der Waals surface area contributed by atoms with Crippen LogP contribution in [0.15, 0.2) is 48.5 Å². The maximum Gasteiger partial charge on any atom is 0.123 e. The summed E-state index contributed by atoms with van der Waals surface area (Å²) >= 11 is 0. The van der Waals surface area contributed by atoms with E-state index in [4.69, 9.17) is 9.47 Å². The van der Waals surface area contributed by atoms with Crippen LogP contribution in [0, 0.1) is 12.7 Å². The molecule has 0 aromatic heterocycles. The molecule has 0 radical (unpaired) electrons. The SMILES string of the molecule is Cc1ccccc1OCCNCCCOc1ccc(F)cc1. The molecule has 3 nitrogen and oxygen atoms in total. The van der Waals surface area contributed by atoms with Crippen LogP contribution in [0.3, 0.4) is 0 Å². The number of benzene rings is 2. The molecule has 0 bridgehead atoms. The summed E-state index contributed by atoms with van der Waals surface area (Å²) in [4.78, 5) is 0. The minimum Gasteiger partial charge on any atom is -0.494 e. The lowest BCUT2D eigenvalue weighted by Crippen LogP contribution is -2.23. The first kappa shape index (κ1) is 16.3. The zero-order chi connectivity index (χ0) is 15.6. The van der Waals surface area contributed by atoms with Crippen LogP contribution in [0.2, 0.25) is 0 Å². The third-order valence-electron chi connectivity index (χ3n) is 3.21. The highest BCUT2D eigenvalue weighted by Crippen LogP contribution is 2.15. The van der Waals surface area contributed by atoms with E-state index in [1.165, 1.54) is 12.1 Å². The average Bonchev–Trinajstić information content (AvgIpc) is 2.53. The first-order chi connectivity index (χ1) is 10.8. The molecular weight excluding hydrogens is 281 g/mol. The number of nitrogens with one attached hydrogen (secondary N) is 1. The van der Waals surface area contributed by atoms with E-state index >= 15 is 0 Å². The van der Waals surface area contributed by atoms with Crippen LogP contribution in [0.25, 0.3) is 0 Å². The van der Waals surface area contributed by atoms with Gasteiger partial charge in [0, 0.05) is 6.54 Å². The van der Waals surface area contributed by atoms with Crippen molar-refractivity contribution in [2.45, 2.75) is 13.3 Å². The highest BCUT2D eigenvalue weighted by molar-refractivity contribution is 5.31. The summed E-state index contributed by atoms with van der Waals surface area (Å²) in [5.74, 6) is 1.39. The summed E-state index contributed by atoms with van der Waals surface area (Å²) in [6.45, 7) is 4.94. The maximum absolute atomic E-state index is 12.7. The minimum atomic E-state index is -0.248. The van der Waals surface area contributed by atoms with Gasteiger partial charge in [-0.2, -0.15) is 0 Å². The van der Waals surface area contributed by atoms with Gasteiger partial charge < -0.3 is 14.8 Å². The number of ether oxygens (including phenoxy) is 2. The standard InChI is InChI=1S/C18H22FNO2/c1-15-5-2-3-6-18(15)22-14-12-20-11-4-13-21-17-9-7-16(19)8-10-17/h2-3,5-10,20H,4,11-14H2,1H3. The Morgan fingerprint density at radius 3 is 2.45 bits per heavy atom. The molecule has 0 amide bonds. The van der Waals surface area contributed by atoms with Crippen LogP contribution < -0.4 is 14.8 Å². The van der Waals surface area contributed by atoms with E-state index in [-0.39, 0.29) is 5.82 Å². The lowest BCUT2D eigenvalue weighted by atomic mass is 10.2. The molecule has 2 rings (SSSR count). The van der Waals surface area contributed by atoms with Crippen molar-refractivity contribution in [2.24, 2.45) is 0 Å². The van der Waals surface area contributed by atoms with Crippen molar-refractivity contribution < 1.29 is 13.9 Å². The number of rotatable bonds is 9. The van der Waals surface area contributed by atoms with E-state index in [0.29, 0.717) is 19.0 Å². The van der Waals surface area contributed by atoms with E-state index in [2.05, 4.69) is 5.32 Å². The molecule has 0 aliphatic heterocycles. The number of hydrogen-bond acceptors (Lipinski definition) is 3. The van der Waals surface area contributed by atoms with Crippen molar-refractivity contribution in [3.8, 4) is 11.5 Å². The van der Waals surface area contributed by atoms with Gasteiger partial charge in [-0.25, -0.2) is 4.39 Å². The van der Waals surface area contributed by atoms with E-state index < -0.39 is 0 Å². The Labute approximate surface area is 131 Å². The molecule has 0 saturated heterocycles. The van der Waals surface area contributed by atoms with E-state index in [9.17, 15) is 4.39 Å². The number of aryl methyl sites for hydroxylation is 1. The molecule has 22 heavy (non-hydrogen) atoms. The Morgan fingerprint density at radius 2 is 1.68 bits per heavy atom. The van der Waals surface area contributed by atoms with E-state index in [1.54, 1.807) is 12.1 Å². The molecule has 0 saturated carbocycles. The van der Waals surface area contributed by atoms with Crippen LogP contribution in [0.4, 0.5) is 4.39 Å². The second kappa shape index (κ2) is 9.05. The van der Waals surface area contributed by atoms with Crippen LogP contribution in [-0.2, 0) is 0 Å². The molecule has 2 aromatic rings. The monoisotopic (exact) mass is 303 g/mol. The van der Waals surface area contributed by atoms with Crippen LogP contribution >= 0.6 is 0 Å². The maximum atomic E-state index is 12.7. The molecule has 118 valence electrons. The van der Waals surface area contributed by atoms with Gasteiger partial charge in [-0.3, -0.25) is 0 Å². The van der Waals surface area contributed by atoms with Gasteiger partial charge >= 0.3 is 0 Å². The first-order valence-corrected chi connectivity index (χ1v) is 7.53. The van der Waals surface area contributed by atoms with Gasteiger partial charge in [-0.05, 0) is 55.8 Å². The summed E-state index contributed by atoms with van der Waals surface area (Å²) in [6.07, 6.45) is 0.891. The lowest BCUT2D eigenvalue weighted by molar-refractivity contribution is 0.293. The third kappa shape index (κ3) is 5.74. The fraction of sp³-hybridized carbons (Fsp3) is 0.333. The Balaban J connectivity index is 1.49. The summed E-state index contributed by atoms with van der Waals surface area (Å²) < 4.78 is 23.9. The Bertz CT molecular complexity index is 557. The lowest BCUT2D eigenvalue weighted by Gasteiger charge is -2.10. The smallest absolute Gasteiger partial charge is 0.123 e. The molecule has 0 aliphatic rings. The third-order valence-corrected chi connectivity index (χ3v) is 3.21. The predicted octanol–water partition coefficient (Wildman–Crippen LogP) is 3.57. The Kier molecular flexibility index (Phi) is 6.71. The van der Waals surface area contributed by atoms with Gasteiger partial charge in [0.1, 0.15) is 23.9 Å². The fourth-order valence-corrected chi connectivity index (χ4v) is 1.99. The van der Waals surface area contributed by atoms with Crippen LogP contribution in [-0.4, -0.2) is 26.3 Å². The molecule has 0 fully saturated rings. The van der Waals surface area contributed by atoms with Crippen molar-refractivity contribution in [3.05, 3.63) is 59.9 Å². The predicted molar refractivity (Wildman–Crippen MR) is 86.1 cm³/mol. The van der Waals surface area contributed by atoms with Gasteiger partial charge in [0.2, 0.25) is 0 Å². The second-order valence-corrected chi connectivity index (χ2v) is 5.02. The molecule has 0 atom stereocenters. The topological polar surface area (TPSA) is 30.5 Å². The van der Waals surface area contributed by atoms with Gasteiger partial charge in [0.25, 0.3) is 0 Å². The molecule has 4 heteroatoms. The highest BCUT2D eigenvalue weighted by Gasteiger charge is 1.97. The first-order valence-electron chi connectivity index (χ1n) is 7.53. The van der Waals surface area contributed by atoms with Gasteiger partial charge in [0.05, 0.1) is 6.61 Å². The number of para-hydroxylation sites is 1. The molecule has 0 spiro atoms. The van der Waals surface area contributed by atoms with Crippen molar-refractivity contribution in [1.82, 2.24) is 5.32 Å². The summed E-state index contributed by atoms with van der Waals surface area (Å²) in [7, 11) is 0. The highest BCUT2D eigenvalue weighted by atomic mass is 19.1. The largest absolute Gasteiger partial charge is 0.494 e. The molecular formula is C18H22FNO2. The van der Waals surface area contributed by atoms with Gasteiger partial charge in [0.15, 0.2) is 0 Å². The molecule has 0 unspecified atom stereocenters. The van der Waals surface area contributed by atoms with Crippen molar-refractivity contribution in [1.29, 1.82) is 0 Å². The Morgan fingerprint density at radius 1 is 0.909 bits per heavy atom. The van der Waals surface area contributed by atoms with Crippen molar-refractivity contribution in [3.63, 3.8) is 0 Å². The summed E-state index contributed by atoms with van der Waals surface area (Å²) in [5.41, 5.74) is 1.15. The normalized spacial score (nSPS) is 10.5. The fourth-order valence-electron chi connectivity index (χ4n) is 1.99. The summed E-state index contributed by atoms with van der Waals surface area (Å²) in [5, 5.41) is 3.31. The van der Waals surface area contributed by atoms with Crippen molar-refractivity contribution >= 4 is 0 Å². The zero-order valence-corrected chi connectivity index (χ0v) is 12.8. The molecule has 2 aromatic carbocycles. The Hall–Kier alpha value is -2.07. The van der Waals surface area contributed by atoms with Crippen molar-refractivity contribution in [2.75, 3.05) is 26.3 Å². The second-order valence-electron chi connectivity index (χ2n) is 5.02. The van der Waals surface area contributed by atoms with Crippen LogP contribution in [0.1, 0.15) is 12.0 Å². The summed E-state index contributed by atoms with van der Waals surface area (Å²) in [6, 6.07) is 14.1. The zero-order valence-electron chi connectivity index (χ0n) is 12.8. The van der Waals surface area contributed by atoms with E-state index in [0.717, 1.165) is 30.8 Å². The molecule has 1 N–H and O–H groups in total.